The van der Waals surface area contributed by atoms with Gasteiger partial charge in [0.2, 0.25) is 0 Å². The van der Waals surface area contributed by atoms with E-state index in [0.29, 0.717) is 5.71 Å². The molecule has 0 saturated heterocycles. The van der Waals surface area contributed by atoms with Crippen LogP contribution in [0.15, 0.2) is 151 Å². The van der Waals surface area contributed by atoms with Gasteiger partial charge >= 0.3 is 0 Å². The zero-order valence-electron chi connectivity index (χ0n) is 24.3. The first-order valence-electron chi connectivity index (χ1n) is 15.3. The van der Waals surface area contributed by atoms with E-state index in [0.717, 1.165) is 28.0 Å². The van der Waals surface area contributed by atoms with Crippen molar-refractivity contribution >= 4 is 82.1 Å². The number of nitrogens with one attached hydrogen (secondary N) is 2. The summed E-state index contributed by atoms with van der Waals surface area (Å²) in [7, 11) is 0. The Balaban J connectivity index is 1.45. The Hall–Kier alpha value is -6.13. The zero-order chi connectivity index (χ0) is 29.6. The second-order valence-electron chi connectivity index (χ2n) is 11.8. The second kappa shape index (κ2) is 8.94. The summed E-state index contributed by atoms with van der Waals surface area (Å²) in [5, 5.41) is 20.0. The Kier molecular flexibility index (Phi) is 4.83. The van der Waals surface area contributed by atoms with Gasteiger partial charge in [-0.2, -0.15) is 0 Å². The molecule has 10 rings (SSSR count). The average Bonchev–Trinajstić information content (AvgIpc) is 3.72. The van der Waals surface area contributed by atoms with Gasteiger partial charge in [-0.1, -0.05) is 127 Å². The number of hydrogen-bond donors (Lipinski definition) is 2. The first kappa shape index (κ1) is 24.3. The van der Waals surface area contributed by atoms with Gasteiger partial charge in [-0.3, -0.25) is 9.83 Å². The van der Waals surface area contributed by atoms with Crippen LogP contribution in [-0.2, 0) is 0 Å². The summed E-state index contributed by atoms with van der Waals surface area (Å²) in [4.78, 5) is 0. The minimum Gasteiger partial charge on any atom is -0.300 e. The number of fused-ring (bicyclic) bond motifs is 12. The minimum atomic E-state index is 0.477. The molecule has 0 aliphatic heterocycles. The van der Waals surface area contributed by atoms with Crippen LogP contribution in [0.1, 0.15) is 5.56 Å². The summed E-state index contributed by atoms with van der Waals surface area (Å²) >= 11 is 0. The summed E-state index contributed by atoms with van der Waals surface area (Å²) in [6.07, 6.45) is 7.83. The molecular weight excluding hydrogens is 548 g/mol. The highest BCUT2D eigenvalue weighted by Crippen LogP contribution is 2.47. The van der Waals surface area contributed by atoms with Gasteiger partial charge in [-0.15, -0.1) is 0 Å². The first-order chi connectivity index (χ1) is 22.3. The smallest absolute Gasteiger partial charge is 0.146 e. The van der Waals surface area contributed by atoms with Crippen molar-refractivity contribution in [3.8, 4) is 0 Å². The van der Waals surface area contributed by atoms with E-state index in [-0.39, 0.29) is 0 Å². The Labute approximate surface area is 258 Å². The molecule has 2 N–H and O–H groups in total. The number of benzene rings is 6. The molecule has 0 atom stereocenters. The third kappa shape index (κ3) is 3.23. The van der Waals surface area contributed by atoms with Crippen molar-refractivity contribution in [2.24, 2.45) is 0 Å². The maximum atomic E-state index is 8.92. The molecule has 3 heterocycles. The maximum absolute atomic E-state index is 8.92. The SMILES string of the molecule is N=C1C=CC=C/C1=C(/Nn1c2c3ccccc3ccc2c2c3cc4ccccc4c4c5ccccc5n(c34)c21)c1ccccc1. The van der Waals surface area contributed by atoms with Gasteiger partial charge in [-0.25, -0.2) is 4.68 Å². The van der Waals surface area contributed by atoms with Crippen molar-refractivity contribution in [1.29, 1.82) is 5.41 Å². The molecule has 0 bridgehead atoms. The van der Waals surface area contributed by atoms with Crippen LogP contribution in [0.4, 0.5) is 0 Å². The van der Waals surface area contributed by atoms with Gasteiger partial charge in [-0.05, 0) is 34.4 Å². The highest BCUT2D eigenvalue weighted by atomic mass is 15.4. The summed E-state index contributed by atoms with van der Waals surface area (Å²) in [6.45, 7) is 0. The second-order valence-corrected chi connectivity index (χ2v) is 11.8. The summed E-state index contributed by atoms with van der Waals surface area (Å²) < 4.78 is 4.75. The Bertz CT molecular complexity index is 2790. The summed E-state index contributed by atoms with van der Waals surface area (Å²) in [5.41, 5.74) is 11.8. The van der Waals surface area contributed by atoms with Crippen molar-refractivity contribution < 1.29 is 0 Å². The number of allylic oxidation sites excluding steroid dienone is 5. The standard InChI is InChI=1S/C41H26N4/c42-34-20-10-8-18-30(34)38(26-13-2-1-3-14-26)43-45-39-29-17-7-4-12-25(29)22-23-32(39)37-33-24-27-15-5-6-16-28(27)36-31-19-9-11-21-35(31)44(40(33)36)41(37)45/h1-24,42-43H/b38-30-,42-34?. The molecule has 0 amide bonds. The van der Waals surface area contributed by atoms with Crippen molar-refractivity contribution in [3.05, 3.63) is 157 Å². The molecule has 4 heteroatoms. The van der Waals surface area contributed by atoms with Crippen LogP contribution in [0.5, 0.6) is 0 Å². The Morgan fingerprint density at radius 1 is 0.556 bits per heavy atom. The highest BCUT2D eigenvalue weighted by Gasteiger charge is 2.27. The van der Waals surface area contributed by atoms with E-state index in [2.05, 4.69) is 130 Å². The molecule has 0 spiro atoms. The molecule has 0 radical (unpaired) electrons. The third-order valence-corrected chi connectivity index (χ3v) is 9.45. The summed E-state index contributed by atoms with van der Waals surface area (Å²) in [5.74, 6) is 0. The van der Waals surface area contributed by atoms with Crippen LogP contribution in [0, 0.1) is 5.41 Å². The molecule has 3 aromatic heterocycles. The number of aromatic nitrogens is 2. The van der Waals surface area contributed by atoms with E-state index >= 15 is 0 Å². The van der Waals surface area contributed by atoms with E-state index in [1.807, 2.05) is 30.4 Å². The molecule has 210 valence electrons. The first-order valence-corrected chi connectivity index (χ1v) is 15.3. The lowest BCUT2D eigenvalue weighted by Crippen LogP contribution is -2.18. The van der Waals surface area contributed by atoms with Crippen LogP contribution in [0.25, 0.3) is 76.4 Å². The van der Waals surface area contributed by atoms with Gasteiger partial charge < -0.3 is 5.41 Å². The van der Waals surface area contributed by atoms with E-state index in [9.17, 15) is 0 Å². The summed E-state index contributed by atoms with van der Waals surface area (Å²) in [6, 6.07) is 43.4. The molecule has 0 saturated carbocycles. The number of nitrogens with zero attached hydrogens (tertiary/aromatic N) is 2. The van der Waals surface area contributed by atoms with E-state index < -0.39 is 0 Å². The monoisotopic (exact) mass is 574 g/mol. The lowest BCUT2D eigenvalue weighted by Gasteiger charge is -2.20. The van der Waals surface area contributed by atoms with Crippen LogP contribution in [0.3, 0.4) is 0 Å². The van der Waals surface area contributed by atoms with Crippen molar-refractivity contribution in [1.82, 2.24) is 9.08 Å². The van der Waals surface area contributed by atoms with Crippen LogP contribution in [-0.4, -0.2) is 14.8 Å². The highest BCUT2D eigenvalue weighted by molar-refractivity contribution is 6.35. The largest absolute Gasteiger partial charge is 0.300 e. The Morgan fingerprint density at radius 3 is 2.11 bits per heavy atom. The zero-order valence-corrected chi connectivity index (χ0v) is 24.3. The van der Waals surface area contributed by atoms with E-state index in [4.69, 9.17) is 5.41 Å². The predicted octanol–water partition coefficient (Wildman–Crippen LogP) is 10.2. The van der Waals surface area contributed by atoms with Crippen molar-refractivity contribution in [3.63, 3.8) is 0 Å². The maximum Gasteiger partial charge on any atom is 0.146 e. The fourth-order valence-corrected chi connectivity index (χ4v) is 7.57. The number of hydrogen-bond acceptors (Lipinski definition) is 2. The third-order valence-electron chi connectivity index (χ3n) is 9.45. The van der Waals surface area contributed by atoms with Gasteiger partial charge in [0.1, 0.15) is 5.65 Å². The Morgan fingerprint density at radius 2 is 1.27 bits per heavy atom. The molecule has 45 heavy (non-hydrogen) atoms. The molecule has 0 unspecified atom stereocenters. The molecule has 9 aromatic rings. The van der Waals surface area contributed by atoms with E-state index in [1.54, 1.807) is 0 Å². The molecule has 0 fully saturated rings. The fourth-order valence-electron chi connectivity index (χ4n) is 7.57. The quantitative estimate of drug-likeness (QED) is 0.217. The van der Waals surface area contributed by atoms with E-state index in [1.165, 1.54) is 59.5 Å². The lowest BCUT2D eigenvalue weighted by atomic mass is 9.99. The average molecular weight is 575 g/mol. The van der Waals surface area contributed by atoms with Gasteiger partial charge in [0, 0.05) is 43.5 Å². The van der Waals surface area contributed by atoms with Crippen molar-refractivity contribution in [2.45, 2.75) is 0 Å². The number of para-hydroxylation sites is 1. The molecule has 1 aliphatic carbocycles. The lowest BCUT2D eigenvalue weighted by molar-refractivity contribution is 1.03. The molecule has 6 aromatic carbocycles. The van der Waals surface area contributed by atoms with Gasteiger partial charge in [0.25, 0.3) is 0 Å². The fraction of sp³-hybridized carbons (Fsp3) is 0. The number of rotatable bonds is 3. The van der Waals surface area contributed by atoms with Crippen LogP contribution >= 0.6 is 0 Å². The van der Waals surface area contributed by atoms with Gasteiger partial charge in [0.05, 0.1) is 28.0 Å². The predicted molar refractivity (Wildman–Crippen MR) is 190 cm³/mol. The normalized spacial score (nSPS) is 14.8. The minimum absolute atomic E-state index is 0.477. The van der Waals surface area contributed by atoms with Crippen LogP contribution in [0.2, 0.25) is 0 Å². The molecular formula is C41H26N4. The molecule has 1 aliphatic rings. The van der Waals surface area contributed by atoms with Crippen molar-refractivity contribution in [2.75, 3.05) is 5.43 Å². The molecule has 4 nitrogen and oxygen atoms in total. The van der Waals surface area contributed by atoms with Crippen LogP contribution < -0.4 is 5.43 Å². The van der Waals surface area contributed by atoms with Gasteiger partial charge in [0.15, 0.2) is 0 Å². The topological polar surface area (TPSA) is 45.2 Å².